The number of carbonyl (C=O) groups excluding carboxylic acids is 1. The van der Waals surface area contributed by atoms with Crippen LogP contribution in [0.4, 0.5) is 17.2 Å². The number of nitrogens with zero attached hydrogens (tertiary/aromatic N) is 6. The summed E-state index contributed by atoms with van der Waals surface area (Å²) in [5.74, 6) is 2.29. The average Bonchev–Trinajstić information content (AvgIpc) is 3.30. The van der Waals surface area contributed by atoms with Crippen LogP contribution in [0.2, 0.25) is 0 Å². The quantitative estimate of drug-likeness (QED) is 0.331. The van der Waals surface area contributed by atoms with Gasteiger partial charge in [0.05, 0.1) is 28.4 Å². The van der Waals surface area contributed by atoms with Crippen LogP contribution in [0, 0.1) is 0 Å². The van der Waals surface area contributed by atoms with Crippen molar-refractivity contribution in [3.05, 3.63) is 59.3 Å². The molecule has 0 atom stereocenters. The molecule has 13 heteroatoms. The van der Waals surface area contributed by atoms with E-state index in [-0.39, 0.29) is 6.54 Å². The molecule has 40 heavy (non-hydrogen) atoms. The zero-order chi connectivity index (χ0) is 28.2. The molecule has 5 rings (SSSR count). The minimum absolute atomic E-state index is 0.286. The number of amides is 1. The van der Waals surface area contributed by atoms with Crippen LogP contribution >= 0.6 is 0 Å². The summed E-state index contributed by atoms with van der Waals surface area (Å²) < 4.78 is 23.8. The summed E-state index contributed by atoms with van der Waals surface area (Å²) in [4.78, 5) is 34.6. The molecule has 4 aromatic rings. The van der Waals surface area contributed by atoms with E-state index in [0.29, 0.717) is 28.6 Å². The molecule has 1 fully saturated rings. The van der Waals surface area contributed by atoms with Gasteiger partial charge >= 0.3 is 5.69 Å². The van der Waals surface area contributed by atoms with Gasteiger partial charge in [-0.3, -0.25) is 4.79 Å². The second-order valence-electron chi connectivity index (χ2n) is 9.05. The molecule has 0 unspecified atom stereocenters. The van der Waals surface area contributed by atoms with Crippen LogP contribution in [0.15, 0.2) is 53.6 Å². The van der Waals surface area contributed by atoms with Crippen LogP contribution in [-0.4, -0.2) is 79.7 Å². The normalized spacial score (nSPS) is 13.3. The van der Waals surface area contributed by atoms with Crippen LogP contribution in [0.25, 0.3) is 5.65 Å². The highest BCUT2D eigenvalue weighted by molar-refractivity contribution is 5.91. The number of piperazine rings is 1. The number of nitrogens with one attached hydrogen (secondary N) is 1. The number of hydrogen-bond acceptors (Lipinski definition) is 10. The first-order chi connectivity index (χ1) is 19.4. The van der Waals surface area contributed by atoms with Crippen LogP contribution in [-0.2, 0) is 11.3 Å². The van der Waals surface area contributed by atoms with E-state index in [1.807, 2.05) is 18.2 Å². The molecule has 1 aliphatic heterocycles. The molecule has 2 aromatic heterocycles. The fourth-order valence-corrected chi connectivity index (χ4v) is 4.68. The van der Waals surface area contributed by atoms with Crippen molar-refractivity contribution in [2.45, 2.75) is 6.54 Å². The van der Waals surface area contributed by atoms with Crippen molar-refractivity contribution < 1.29 is 23.7 Å². The number of benzene rings is 2. The highest BCUT2D eigenvalue weighted by Crippen LogP contribution is 2.39. The Hall–Kier alpha value is -4.94. The maximum atomic E-state index is 12.9. The lowest BCUT2D eigenvalue weighted by atomic mass is 10.2. The summed E-state index contributed by atoms with van der Waals surface area (Å²) in [6, 6.07) is 13.0. The van der Waals surface area contributed by atoms with Gasteiger partial charge in [-0.1, -0.05) is 6.07 Å². The largest absolute Gasteiger partial charge is 0.497 e. The molecule has 13 nitrogen and oxygen atoms in total. The topological polar surface area (TPSA) is 125 Å². The van der Waals surface area contributed by atoms with E-state index >= 15 is 0 Å². The Morgan fingerprint density at radius 3 is 2.25 bits per heavy atom. The molecule has 2 aromatic carbocycles. The van der Waals surface area contributed by atoms with Gasteiger partial charge in [0, 0.05) is 61.8 Å². The van der Waals surface area contributed by atoms with Crippen LogP contribution < -0.4 is 39.8 Å². The lowest BCUT2D eigenvalue weighted by molar-refractivity contribution is -0.117. The zero-order valence-electron chi connectivity index (χ0n) is 22.8. The Balaban J connectivity index is 1.27. The molecule has 0 radical (unpaired) electrons. The Morgan fingerprint density at radius 1 is 0.900 bits per heavy atom. The summed E-state index contributed by atoms with van der Waals surface area (Å²) in [6.45, 7) is 2.83. The van der Waals surface area contributed by atoms with Gasteiger partial charge in [-0.05, 0) is 12.1 Å². The van der Waals surface area contributed by atoms with Gasteiger partial charge in [0.15, 0.2) is 17.1 Å². The molecule has 0 spiro atoms. The molecular weight excluding hydrogens is 518 g/mol. The highest BCUT2D eigenvalue weighted by Gasteiger charge is 2.21. The second-order valence-corrected chi connectivity index (χ2v) is 9.05. The number of hydrogen-bond donors (Lipinski definition) is 1. The number of rotatable bonds is 9. The van der Waals surface area contributed by atoms with E-state index in [2.05, 4.69) is 31.3 Å². The fourth-order valence-electron chi connectivity index (χ4n) is 4.68. The number of fused-ring (bicyclic) bond motifs is 1. The van der Waals surface area contributed by atoms with E-state index in [1.54, 1.807) is 25.3 Å². The molecule has 0 saturated carbocycles. The molecule has 210 valence electrons. The Bertz CT molecular complexity index is 1550. The van der Waals surface area contributed by atoms with Crippen LogP contribution in [0.5, 0.6) is 23.0 Å². The van der Waals surface area contributed by atoms with E-state index in [0.717, 1.165) is 48.1 Å². The van der Waals surface area contributed by atoms with E-state index < -0.39 is 11.6 Å². The summed E-state index contributed by atoms with van der Waals surface area (Å²) in [5, 5.41) is 7.12. The van der Waals surface area contributed by atoms with Crippen LogP contribution in [0.1, 0.15) is 0 Å². The molecule has 0 bridgehead atoms. The molecule has 1 amide bonds. The molecule has 1 saturated heterocycles. The average molecular weight is 550 g/mol. The van der Waals surface area contributed by atoms with Gasteiger partial charge in [-0.25, -0.2) is 18.9 Å². The monoisotopic (exact) mass is 549 g/mol. The highest BCUT2D eigenvalue weighted by atomic mass is 16.5. The van der Waals surface area contributed by atoms with Gasteiger partial charge in [0.25, 0.3) is 0 Å². The molecule has 1 aliphatic rings. The predicted octanol–water partition coefficient (Wildman–Crippen LogP) is 1.89. The van der Waals surface area contributed by atoms with E-state index in [9.17, 15) is 9.59 Å². The minimum atomic E-state index is -0.461. The van der Waals surface area contributed by atoms with Gasteiger partial charge in [-0.2, -0.15) is 0 Å². The predicted molar refractivity (Wildman–Crippen MR) is 149 cm³/mol. The van der Waals surface area contributed by atoms with E-state index in [4.69, 9.17) is 18.9 Å². The lowest BCUT2D eigenvalue weighted by Crippen LogP contribution is -2.46. The van der Waals surface area contributed by atoms with E-state index in [1.165, 1.54) is 32.1 Å². The van der Waals surface area contributed by atoms with Crippen molar-refractivity contribution in [3.8, 4) is 23.0 Å². The first-order valence-corrected chi connectivity index (χ1v) is 12.6. The van der Waals surface area contributed by atoms with Crippen molar-refractivity contribution in [1.29, 1.82) is 0 Å². The van der Waals surface area contributed by atoms with Gasteiger partial charge in [0.1, 0.15) is 24.4 Å². The fraction of sp³-hybridized carbons (Fsp3) is 0.333. The third-order valence-electron chi connectivity index (χ3n) is 6.72. The smallest absolute Gasteiger partial charge is 0.352 e. The van der Waals surface area contributed by atoms with Crippen molar-refractivity contribution >= 4 is 28.7 Å². The SMILES string of the molecule is COc1cccc(N2CCN(c3cc4nn(CC(=O)Nc5cc(OC)c(OC)c(OC)c5)c(=O)n4cn3)CC2)c1. The van der Waals surface area contributed by atoms with Crippen molar-refractivity contribution in [2.75, 3.05) is 69.7 Å². The maximum absolute atomic E-state index is 12.9. The molecule has 3 heterocycles. The molecule has 1 N–H and O–H groups in total. The first kappa shape index (κ1) is 26.7. The Kier molecular flexibility index (Phi) is 7.62. The lowest BCUT2D eigenvalue weighted by Gasteiger charge is -2.36. The van der Waals surface area contributed by atoms with Crippen molar-refractivity contribution in [1.82, 2.24) is 19.2 Å². The number of anilines is 3. The molecule has 0 aliphatic carbocycles. The Morgan fingerprint density at radius 2 is 1.60 bits per heavy atom. The zero-order valence-corrected chi connectivity index (χ0v) is 22.8. The third-order valence-corrected chi connectivity index (χ3v) is 6.72. The number of carbonyl (C=O) groups is 1. The number of aromatic nitrogens is 4. The van der Waals surface area contributed by atoms with Crippen molar-refractivity contribution in [3.63, 3.8) is 0 Å². The summed E-state index contributed by atoms with van der Waals surface area (Å²) in [7, 11) is 6.13. The van der Waals surface area contributed by atoms with Gasteiger partial charge < -0.3 is 34.1 Å². The maximum Gasteiger partial charge on any atom is 0.352 e. The summed E-state index contributed by atoms with van der Waals surface area (Å²) >= 11 is 0. The Labute approximate surface area is 230 Å². The minimum Gasteiger partial charge on any atom is -0.497 e. The second kappa shape index (κ2) is 11.4. The standard InChI is InChI=1S/C27H31N7O6/c1-37-20-7-5-6-19(14-20)31-8-10-32(11-9-31)23-15-24-30-34(27(36)33(24)17-28-23)16-25(35)29-18-12-21(38-2)26(40-4)22(13-18)39-3/h5-7,12-15,17H,8-11,16H2,1-4H3,(H,29,35). The number of ether oxygens (including phenoxy) is 4. The first-order valence-electron chi connectivity index (χ1n) is 12.6. The summed E-state index contributed by atoms with van der Waals surface area (Å²) in [6.07, 6.45) is 1.45. The molecular formula is C27H31N7O6. The van der Waals surface area contributed by atoms with Gasteiger partial charge in [-0.15, -0.1) is 5.10 Å². The van der Waals surface area contributed by atoms with Crippen molar-refractivity contribution in [2.24, 2.45) is 0 Å². The third kappa shape index (κ3) is 5.30. The number of methoxy groups -OCH3 is 4. The van der Waals surface area contributed by atoms with Crippen LogP contribution in [0.3, 0.4) is 0 Å². The summed E-state index contributed by atoms with van der Waals surface area (Å²) in [5.41, 5.74) is 1.48. The van der Waals surface area contributed by atoms with Gasteiger partial charge in [0.2, 0.25) is 11.7 Å².